The highest BCUT2D eigenvalue weighted by atomic mass is 16.2. The highest BCUT2D eigenvalue weighted by Gasteiger charge is 2.34. The summed E-state index contributed by atoms with van der Waals surface area (Å²) in [7, 11) is 0. The van der Waals surface area contributed by atoms with Crippen molar-refractivity contribution in [3.8, 4) is 0 Å². The zero-order valence-electron chi connectivity index (χ0n) is 12.1. The lowest BCUT2D eigenvalue weighted by molar-refractivity contribution is 0.249. The van der Waals surface area contributed by atoms with Crippen LogP contribution in [-0.4, -0.2) is 36.6 Å². The number of hydrogen-bond donors (Lipinski definition) is 2. The Bertz CT molecular complexity index is 484. The normalized spacial score (nSPS) is 22.8. The van der Waals surface area contributed by atoms with Crippen molar-refractivity contribution in [3.05, 3.63) is 29.8 Å². The van der Waals surface area contributed by atoms with Crippen molar-refractivity contribution in [2.45, 2.75) is 32.2 Å². The monoisotopic (exact) mass is 273 g/mol. The molecule has 1 saturated heterocycles. The van der Waals surface area contributed by atoms with E-state index in [1.807, 2.05) is 31.2 Å². The molecule has 0 bridgehead atoms. The number of carbonyl (C=O) groups excluding carboxylic acids is 1. The first-order valence-corrected chi connectivity index (χ1v) is 7.57. The highest BCUT2D eigenvalue weighted by Crippen LogP contribution is 2.31. The van der Waals surface area contributed by atoms with Crippen molar-refractivity contribution in [2.75, 3.05) is 25.0 Å². The zero-order chi connectivity index (χ0) is 13.9. The number of nitrogens with one attached hydrogen (secondary N) is 2. The quantitative estimate of drug-likeness (QED) is 0.885. The molecule has 108 valence electrons. The molecule has 2 N–H and O–H groups in total. The summed E-state index contributed by atoms with van der Waals surface area (Å²) in [6, 6.07) is 8.60. The molecule has 1 saturated carbocycles. The van der Waals surface area contributed by atoms with Crippen LogP contribution in [0.4, 0.5) is 10.5 Å². The van der Waals surface area contributed by atoms with E-state index in [0.29, 0.717) is 5.92 Å². The van der Waals surface area contributed by atoms with E-state index in [2.05, 4.69) is 15.5 Å². The number of carbonyl (C=O) groups is 1. The molecular weight excluding hydrogens is 250 g/mol. The number of rotatable bonds is 4. The molecule has 20 heavy (non-hydrogen) atoms. The van der Waals surface area contributed by atoms with Gasteiger partial charge < -0.3 is 15.5 Å². The van der Waals surface area contributed by atoms with Gasteiger partial charge in [-0.05, 0) is 50.3 Å². The van der Waals surface area contributed by atoms with Gasteiger partial charge in [-0.1, -0.05) is 18.2 Å². The fourth-order valence-corrected chi connectivity index (χ4v) is 2.92. The molecule has 1 aliphatic heterocycles. The van der Waals surface area contributed by atoms with E-state index in [9.17, 15) is 4.79 Å². The minimum Gasteiger partial charge on any atom is -0.338 e. The molecule has 1 aliphatic carbocycles. The summed E-state index contributed by atoms with van der Waals surface area (Å²) in [4.78, 5) is 14.5. The molecule has 0 radical (unpaired) electrons. The third kappa shape index (κ3) is 3.31. The van der Waals surface area contributed by atoms with Crippen LogP contribution in [0.25, 0.3) is 0 Å². The van der Waals surface area contributed by atoms with Crippen LogP contribution in [0.1, 0.15) is 24.8 Å². The largest absolute Gasteiger partial charge is 0.338 e. The van der Waals surface area contributed by atoms with Crippen LogP contribution in [-0.2, 0) is 0 Å². The predicted octanol–water partition coefficient (Wildman–Crippen LogP) is 2.60. The molecule has 3 rings (SSSR count). The smallest absolute Gasteiger partial charge is 0.319 e. The summed E-state index contributed by atoms with van der Waals surface area (Å²) in [5.41, 5.74) is 1.97. The number of anilines is 1. The number of nitrogens with zero attached hydrogens (tertiary/aromatic N) is 1. The number of urea groups is 1. The van der Waals surface area contributed by atoms with Gasteiger partial charge >= 0.3 is 6.03 Å². The predicted molar refractivity (Wildman–Crippen MR) is 80.9 cm³/mol. The van der Waals surface area contributed by atoms with E-state index in [1.54, 1.807) is 0 Å². The number of aryl methyl sites for hydroxylation is 1. The topological polar surface area (TPSA) is 44.4 Å². The summed E-state index contributed by atoms with van der Waals surface area (Å²) in [6.07, 6.45) is 3.95. The van der Waals surface area contributed by atoms with Crippen LogP contribution in [0.3, 0.4) is 0 Å². The van der Waals surface area contributed by atoms with Crippen LogP contribution in [0.15, 0.2) is 24.3 Å². The molecule has 1 unspecified atom stereocenters. The third-order valence-corrected chi connectivity index (χ3v) is 4.33. The summed E-state index contributed by atoms with van der Waals surface area (Å²) < 4.78 is 0. The number of benzene rings is 1. The van der Waals surface area contributed by atoms with Gasteiger partial charge in [0.25, 0.3) is 0 Å². The van der Waals surface area contributed by atoms with Crippen LogP contribution >= 0.6 is 0 Å². The fourth-order valence-electron chi connectivity index (χ4n) is 2.92. The van der Waals surface area contributed by atoms with Gasteiger partial charge in [0.15, 0.2) is 0 Å². The standard InChI is InChI=1S/C16H23N3O/c1-12-4-2-3-5-15(12)18-16(20)17-10-13-8-9-19(11-13)14-6-7-14/h2-5,13-14H,6-11H2,1H3,(H2,17,18,20). The van der Waals surface area contributed by atoms with Crippen molar-refractivity contribution in [1.29, 1.82) is 0 Å². The SMILES string of the molecule is Cc1ccccc1NC(=O)NCC1CCN(C2CC2)C1. The number of amides is 2. The Morgan fingerprint density at radius 3 is 2.85 bits per heavy atom. The molecule has 1 heterocycles. The van der Waals surface area contributed by atoms with Gasteiger partial charge in [0.2, 0.25) is 0 Å². The molecule has 2 aliphatic rings. The van der Waals surface area contributed by atoms with Crippen molar-refractivity contribution in [2.24, 2.45) is 5.92 Å². The fraction of sp³-hybridized carbons (Fsp3) is 0.562. The van der Waals surface area contributed by atoms with E-state index in [1.165, 1.54) is 25.8 Å². The van der Waals surface area contributed by atoms with E-state index >= 15 is 0 Å². The van der Waals surface area contributed by atoms with Crippen molar-refractivity contribution in [1.82, 2.24) is 10.2 Å². The van der Waals surface area contributed by atoms with Gasteiger partial charge in [-0.15, -0.1) is 0 Å². The summed E-state index contributed by atoms with van der Waals surface area (Å²) in [5, 5.41) is 5.92. The maximum absolute atomic E-state index is 11.9. The molecule has 1 aromatic carbocycles. The van der Waals surface area contributed by atoms with E-state index < -0.39 is 0 Å². The molecule has 4 nitrogen and oxygen atoms in total. The lowest BCUT2D eigenvalue weighted by Crippen LogP contribution is -2.34. The second-order valence-electron chi connectivity index (χ2n) is 6.03. The van der Waals surface area contributed by atoms with Crippen molar-refractivity contribution in [3.63, 3.8) is 0 Å². The van der Waals surface area contributed by atoms with Gasteiger partial charge in [0.1, 0.15) is 0 Å². The maximum atomic E-state index is 11.9. The Morgan fingerprint density at radius 1 is 1.30 bits per heavy atom. The van der Waals surface area contributed by atoms with E-state index in [0.717, 1.165) is 30.4 Å². The van der Waals surface area contributed by atoms with Crippen molar-refractivity contribution >= 4 is 11.7 Å². The van der Waals surface area contributed by atoms with Crippen LogP contribution in [0.2, 0.25) is 0 Å². The van der Waals surface area contributed by atoms with Crippen LogP contribution < -0.4 is 10.6 Å². The minimum absolute atomic E-state index is 0.0934. The Morgan fingerprint density at radius 2 is 2.10 bits per heavy atom. The van der Waals surface area contributed by atoms with Gasteiger partial charge in [-0.3, -0.25) is 0 Å². The van der Waals surface area contributed by atoms with Gasteiger partial charge in [-0.2, -0.15) is 0 Å². The average molecular weight is 273 g/mol. The third-order valence-electron chi connectivity index (χ3n) is 4.33. The molecule has 2 fully saturated rings. The Labute approximate surface area is 120 Å². The van der Waals surface area contributed by atoms with Crippen molar-refractivity contribution < 1.29 is 4.79 Å². The van der Waals surface area contributed by atoms with E-state index in [4.69, 9.17) is 0 Å². The average Bonchev–Trinajstić information content (AvgIpc) is 3.18. The molecule has 4 heteroatoms. The first kappa shape index (κ1) is 13.4. The van der Waals surface area contributed by atoms with E-state index in [-0.39, 0.29) is 6.03 Å². The first-order valence-electron chi connectivity index (χ1n) is 7.57. The Balaban J connectivity index is 1.42. The molecule has 0 aromatic heterocycles. The molecule has 2 amide bonds. The second kappa shape index (κ2) is 5.83. The molecule has 1 atom stereocenters. The Hall–Kier alpha value is -1.55. The molecule has 0 spiro atoms. The minimum atomic E-state index is -0.0934. The maximum Gasteiger partial charge on any atom is 0.319 e. The van der Waals surface area contributed by atoms with Gasteiger partial charge in [-0.25, -0.2) is 4.79 Å². The zero-order valence-corrected chi connectivity index (χ0v) is 12.1. The summed E-state index contributed by atoms with van der Waals surface area (Å²) in [6.45, 7) is 5.13. The molecular formula is C16H23N3O. The lowest BCUT2D eigenvalue weighted by Gasteiger charge is -2.15. The van der Waals surface area contributed by atoms with Crippen LogP contribution in [0, 0.1) is 12.8 Å². The van der Waals surface area contributed by atoms with Gasteiger partial charge in [0, 0.05) is 24.8 Å². The first-order chi connectivity index (χ1) is 9.72. The van der Waals surface area contributed by atoms with Crippen LogP contribution in [0.5, 0.6) is 0 Å². The summed E-state index contributed by atoms with van der Waals surface area (Å²) >= 11 is 0. The summed E-state index contributed by atoms with van der Waals surface area (Å²) in [5.74, 6) is 0.609. The molecule has 1 aromatic rings. The Kier molecular flexibility index (Phi) is 3.92. The number of hydrogen-bond acceptors (Lipinski definition) is 2. The number of likely N-dealkylation sites (tertiary alicyclic amines) is 1. The highest BCUT2D eigenvalue weighted by molar-refractivity contribution is 5.89. The number of para-hydroxylation sites is 1. The van der Waals surface area contributed by atoms with Gasteiger partial charge in [0.05, 0.1) is 0 Å². The lowest BCUT2D eigenvalue weighted by atomic mass is 10.1. The second-order valence-corrected chi connectivity index (χ2v) is 6.03.